The van der Waals surface area contributed by atoms with Gasteiger partial charge in [-0.25, -0.2) is 8.42 Å². The van der Waals surface area contributed by atoms with Gasteiger partial charge in [-0.05, 0) is 53.9 Å². The van der Waals surface area contributed by atoms with Crippen LogP contribution in [0, 0.1) is 0 Å². The molecular weight excluding hydrogens is 386 g/mol. The molecule has 0 spiro atoms. The number of fused-ring (bicyclic) bond motifs is 1. The van der Waals surface area contributed by atoms with Crippen LogP contribution in [0.25, 0.3) is 10.8 Å². The molecule has 0 atom stereocenters. The van der Waals surface area contributed by atoms with Crippen LogP contribution in [0.2, 0.25) is 0 Å². The van der Waals surface area contributed by atoms with Crippen molar-refractivity contribution < 1.29 is 13.2 Å². The average Bonchev–Trinajstić information content (AvgIpc) is 3.28. The number of sulfonamides is 1. The second-order valence-corrected chi connectivity index (χ2v) is 9.04. The number of amides is 1. The molecule has 1 fully saturated rings. The molecule has 2 N–H and O–H groups in total. The van der Waals surface area contributed by atoms with Crippen LogP contribution in [0.1, 0.15) is 12.8 Å². The molecule has 0 unspecified atom stereocenters. The van der Waals surface area contributed by atoms with Crippen LogP contribution in [0.3, 0.4) is 0 Å². The summed E-state index contributed by atoms with van der Waals surface area (Å²) in [6.45, 7) is 1.19. The number of rotatable bonds is 6. The van der Waals surface area contributed by atoms with Gasteiger partial charge in [0.1, 0.15) is 0 Å². The summed E-state index contributed by atoms with van der Waals surface area (Å²) in [5.41, 5.74) is 1.32. The van der Waals surface area contributed by atoms with Crippen molar-refractivity contribution in [2.24, 2.45) is 0 Å². The van der Waals surface area contributed by atoms with Gasteiger partial charge in [0.2, 0.25) is 15.9 Å². The minimum Gasteiger partial charge on any atom is -0.376 e. The summed E-state index contributed by atoms with van der Waals surface area (Å²) in [7, 11) is -3.51. The molecule has 150 valence electrons. The third-order valence-corrected chi connectivity index (χ3v) is 6.92. The maximum absolute atomic E-state index is 12.7. The highest BCUT2D eigenvalue weighted by molar-refractivity contribution is 7.89. The highest BCUT2D eigenvalue weighted by Gasteiger charge is 2.27. The average molecular weight is 410 g/mol. The third-order valence-electron chi connectivity index (χ3n) is 5.02. The Hall–Kier alpha value is -2.90. The monoisotopic (exact) mass is 409 g/mol. The van der Waals surface area contributed by atoms with Gasteiger partial charge in [0.15, 0.2) is 0 Å². The van der Waals surface area contributed by atoms with E-state index in [0.717, 1.165) is 29.3 Å². The van der Waals surface area contributed by atoms with E-state index in [4.69, 9.17) is 0 Å². The van der Waals surface area contributed by atoms with Gasteiger partial charge in [0, 0.05) is 24.5 Å². The number of hydrogen-bond acceptors (Lipinski definition) is 4. The maximum Gasteiger partial charge on any atom is 0.243 e. The summed E-state index contributed by atoms with van der Waals surface area (Å²) in [4.78, 5) is 12.5. The summed E-state index contributed by atoms with van der Waals surface area (Å²) in [5.74, 6) is -0.242. The Morgan fingerprint density at radius 2 is 1.62 bits per heavy atom. The summed E-state index contributed by atoms with van der Waals surface area (Å²) in [6.07, 6.45) is 1.77. The molecule has 3 aromatic rings. The van der Waals surface area contributed by atoms with Crippen molar-refractivity contribution in [2.45, 2.75) is 17.7 Å². The second-order valence-electron chi connectivity index (χ2n) is 7.10. The first-order valence-corrected chi connectivity index (χ1v) is 11.1. The summed E-state index contributed by atoms with van der Waals surface area (Å²) in [6, 6.07) is 20.4. The first-order chi connectivity index (χ1) is 14.0. The SMILES string of the molecule is O=C(CNc1ccc2ccccc2c1)Nc1cccc(S(=O)(=O)N2CCCC2)c1. The molecule has 1 amide bonds. The number of benzene rings is 3. The van der Waals surface area contributed by atoms with Crippen molar-refractivity contribution in [2.75, 3.05) is 30.3 Å². The topological polar surface area (TPSA) is 78.5 Å². The van der Waals surface area contributed by atoms with Crippen molar-refractivity contribution in [3.8, 4) is 0 Å². The largest absolute Gasteiger partial charge is 0.376 e. The summed E-state index contributed by atoms with van der Waals surface area (Å²) >= 11 is 0. The van der Waals surface area contributed by atoms with Gasteiger partial charge < -0.3 is 10.6 Å². The minimum atomic E-state index is -3.51. The Kier molecular flexibility index (Phi) is 5.51. The fourth-order valence-electron chi connectivity index (χ4n) is 3.50. The molecule has 1 saturated heterocycles. The molecule has 0 aromatic heterocycles. The van der Waals surface area contributed by atoms with E-state index in [1.165, 1.54) is 10.4 Å². The van der Waals surface area contributed by atoms with Gasteiger partial charge in [0.05, 0.1) is 11.4 Å². The highest BCUT2D eigenvalue weighted by Crippen LogP contribution is 2.23. The van der Waals surface area contributed by atoms with Gasteiger partial charge in [-0.3, -0.25) is 4.79 Å². The normalized spacial score (nSPS) is 14.8. The highest BCUT2D eigenvalue weighted by atomic mass is 32.2. The molecule has 0 bridgehead atoms. The lowest BCUT2D eigenvalue weighted by molar-refractivity contribution is -0.114. The van der Waals surface area contributed by atoms with E-state index in [1.807, 2.05) is 42.5 Å². The first-order valence-electron chi connectivity index (χ1n) is 9.65. The zero-order valence-electron chi connectivity index (χ0n) is 16.0. The van der Waals surface area contributed by atoms with Crippen molar-refractivity contribution in [1.29, 1.82) is 0 Å². The molecule has 1 aliphatic heterocycles. The van der Waals surface area contributed by atoms with Gasteiger partial charge in [-0.1, -0.05) is 36.4 Å². The van der Waals surface area contributed by atoms with Crippen molar-refractivity contribution >= 4 is 38.1 Å². The molecular formula is C22H23N3O3S. The zero-order valence-corrected chi connectivity index (χ0v) is 16.8. The predicted octanol–water partition coefficient (Wildman–Crippen LogP) is 3.67. The lowest BCUT2D eigenvalue weighted by Crippen LogP contribution is -2.28. The van der Waals surface area contributed by atoms with Crippen LogP contribution >= 0.6 is 0 Å². The fraction of sp³-hybridized carbons (Fsp3) is 0.227. The smallest absolute Gasteiger partial charge is 0.243 e. The third kappa shape index (κ3) is 4.41. The van der Waals surface area contributed by atoms with Gasteiger partial charge in [-0.15, -0.1) is 0 Å². The van der Waals surface area contributed by atoms with Crippen molar-refractivity contribution in [3.63, 3.8) is 0 Å². The number of carbonyl (C=O) groups is 1. The minimum absolute atomic E-state index is 0.0848. The Balaban J connectivity index is 1.40. The molecule has 3 aromatic carbocycles. The first kappa shape index (κ1) is 19.4. The molecule has 0 aliphatic carbocycles. The van der Waals surface area contributed by atoms with Crippen molar-refractivity contribution in [1.82, 2.24) is 4.31 Å². The van der Waals surface area contributed by atoms with E-state index >= 15 is 0 Å². The van der Waals surface area contributed by atoms with E-state index in [2.05, 4.69) is 10.6 Å². The van der Waals surface area contributed by atoms with Crippen LogP contribution < -0.4 is 10.6 Å². The van der Waals surface area contributed by atoms with E-state index in [1.54, 1.807) is 18.2 Å². The molecule has 4 rings (SSSR count). The molecule has 0 saturated carbocycles. The summed E-state index contributed by atoms with van der Waals surface area (Å²) < 4.78 is 26.9. The van der Waals surface area contributed by atoms with Gasteiger partial charge in [-0.2, -0.15) is 4.31 Å². The van der Waals surface area contributed by atoms with Crippen LogP contribution in [0.5, 0.6) is 0 Å². The molecule has 0 radical (unpaired) electrons. The van der Waals surface area contributed by atoms with E-state index < -0.39 is 10.0 Å². The number of carbonyl (C=O) groups excluding carboxylic acids is 1. The van der Waals surface area contributed by atoms with Gasteiger partial charge in [0.25, 0.3) is 0 Å². The second kappa shape index (κ2) is 8.23. The van der Waals surface area contributed by atoms with Crippen LogP contribution in [0.15, 0.2) is 71.6 Å². The molecule has 6 nitrogen and oxygen atoms in total. The number of hydrogen-bond donors (Lipinski definition) is 2. The van der Waals surface area contributed by atoms with E-state index in [9.17, 15) is 13.2 Å². The quantitative estimate of drug-likeness (QED) is 0.651. The van der Waals surface area contributed by atoms with Gasteiger partial charge >= 0.3 is 0 Å². The Bertz CT molecular complexity index is 1140. The van der Waals surface area contributed by atoms with Crippen LogP contribution in [0.4, 0.5) is 11.4 Å². The van der Waals surface area contributed by atoms with Crippen molar-refractivity contribution in [3.05, 3.63) is 66.7 Å². The lowest BCUT2D eigenvalue weighted by Gasteiger charge is -2.16. The van der Waals surface area contributed by atoms with Crippen LogP contribution in [-0.2, 0) is 14.8 Å². The number of anilines is 2. The Labute approximate surface area is 170 Å². The Morgan fingerprint density at radius 3 is 2.41 bits per heavy atom. The number of nitrogens with zero attached hydrogens (tertiary/aromatic N) is 1. The molecule has 1 heterocycles. The molecule has 7 heteroatoms. The molecule has 29 heavy (non-hydrogen) atoms. The zero-order chi connectivity index (χ0) is 20.3. The Morgan fingerprint density at radius 1 is 0.862 bits per heavy atom. The summed E-state index contributed by atoms with van der Waals surface area (Å²) in [5, 5.41) is 8.11. The predicted molar refractivity (Wildman–Crippen MR) is 116 cm³/mol. The fourth-order valence-corrected chi connectivity index (χ4v) is 5.06. The molecule has 1 aliphatic rings. The number of nitrogens with one attached hydrogen (secondary N) is 2. The van der Waals surface area contributed by atoms with E-state index in [0.29, 0.717) is 18.8 Å². The van der Waals surface area contributed by atoms with E-state index in [-0.39, 0.29) is 17.3 Å². The standard InChI is InChI=1S/C22H23N3O3S/c26-22(16-23-19-11-10-17-6-1-2-7-18(17)14-19)24-20-8-5-9-21(15-20)29(27,28)25-12-3-4-13-25/h1-2,5-11,14-15,23H,3-4,12-13,16H2,(H,24,26). The maximum atomic E-state index is 12.7. The lowest BCUT2D eigenvalue weighted by atomic mass is 10.1. The van der Waals surface area contributed by atoms with Crippen LogP contribution in [-0.4, -0.2) is 38.3 Å².